The average Bonchev–Trinajstić information content (AvgIpc) is 2.80. The predicted molar refractivity (Wildman–Crippen MR) is 121 cm³/mol. The fourth-order valence-electron chi connectivity index (χ4n) is 3.37. The average molecular weight is 430 g/mol. The lowest BCUT2D eigenvalue weighted by Crippen LogP contribution is -2.23. The van der Waals surface area contributed by atoms with Gasteiger partial charge < -0.3 is 5.11 Å². The molecule has 0 amide bonds. The van der Waals surface area contributed by atoms with Gasteiger partial charge in [-0.1, -0.05) is 60.3 Å². The lowest BCUT2D eigenvalue weighted by Gasteiger charge is -2.19. The molecule has 1 N–H and O–H groups in total. The van der Waals surface area contributed by atoms with E-state index in [1.54, 1.807) is 23.6 Å². The predicted octanol–water partition coefficient (Wildman–Crippen LogP) is 5.58. The van der Waals surface area contributed by atoms with E-state index in [9.17, 15) is 20.0 Å². The summed E-state index contributed by atoms with van der Waals surface area (Å²) in [7, 11) is 0. The summed E-state index contributed by atoms with van der Waals surface area (Å²) >= 11 is 1.08. The first kappa shape index (κ1) is 20.4. The van der Waals surface area contributed by atoms with Gasteiger partial charge in [-0.25, -0.2) is 0 Å². The first-order valence-corrected chi connectivity index (χ1v) is 10.3. The molecule has 0 radical (unpaired) electrons. The number of hydrogen-bond donors (Lipinski definition) is 1. The Morgan fingerprint density at radius 3 is 2.06 bits per heavy atom. The molecule has 0 aliphatic rings. The minimum atomic E-state index is -0.479. The molecule has 0 atom stereocenters. The van der Waals surface area contributed by atoms with E-state index in [4.69, 9.17) is 0 Å². The van der Waals surface area contributed by atoms with Crippen LogP contribution in [-0.2, 0) is 0 Å². The first-order valence-electron chi connectivity index (χ1n) is 9.49. The Kier molecular flexibility index (Phi) is 5.60. The van der Waals surface area contributed by atoms with E-state index < -0.39 is 4.92 Å². The normalized spacial score (nSPS) is 10.7. The van der Waals surface area contributed by atoms with E-state index in [1.165, 1.54) is 12.1 Å². The van der Waals surface area contributed by atoms with Crippen LogP contribution in [0.3, 0.4) is 0 Å². The number of nitrogens with zero attached hydrogens (tertiary/aromatic N) is 2. The van der Waals surface area contributed by atoms with E-state index >= 15 is 0 Å². The highest BCUT2D eigenvalue weighted by atomic mass is 32.2. The molecule has 1 heterocycles. The monoisotopic (exact) mass is 430 g/mol. The molecule has 7 heteroatoms. The Labute approximate surface area is 182 Å². The van der Waals surface area contributed by atoms with Crippen molar-refractivity contribution < 1.29 is 10.0 Å². The lowest BCUT2D eigenvalue weighted by molar-refractivity contribution is -0.384. The number of non-ortho nitro benzene ring substituents is 1. The summed E-state index contributed by atoms with van der Waals surface area (Å²) in [4.78, 5) is 24.8. The molecule has 0 aliphatic heterocycles. The van der Waals surface area contributed by atoms with Gasteiger partial charge in [0.2, 0.25) is 0 Å². The summed E-state index contributed by atoms with van der Waals surface area (Å²) in [6.07, 6.45) is 0. The van der Waals surface area contributed by atoms with Crippen LogP contribution in [-0.4, -0.2) is 14.6 Å². The smallest absolute Gasteiger partial charge is 0.273 e. The van der Waals surface area contributed by atoms with Crippen molar-refractivity contribution in [2.45, 2.75) is 16.7 Å². The van der Waals surface area contributed by atoms with Crippen molar-refractivity contribution in [3.8, 4) is 22.7 Å². The van der Waals surface area contributed by atoms with Crippen molar-refractivity contribution in [2.75, 3.05) is 0 Å². The van der Waals surface area contributed by atoms with Crippen LogP contribution in [0.25, 0.3) is 16.9 Å². The van der Waals surface area contributed by atoms with Gasteiger partial charge in [0.05, 0.1) is 10.6 Å². The number of nitro benzene ring substituents is 1. The van der Waals surface area contributed by atoms with Crippen LogP contribution < -0.4 is 5.56 Å². The largest absolute Gasteiger partial charge is 0.506 e. The lowest BCUT2D eigenvalue weighted by atomic mass is 10.0. The fourth-order valence-corrected chi connectivity index (χ4v) is 4.30. The maximum absolute atomic E-state index is 13.6. The van der Waals surface area contributed by atoms with Crippen molar-refractivity contribution >= 4 is 17.4 Å². The molecule has 0 aliphatic carbocycles. The molecular formula is C24H18N2O4S. The van der Waals surface area contributed by atoms with Crippen LogP contribution in [0.15, 0.2) is 99.5 Å². The topological polar surface area (TPSA) is 85.4 Å². The molecule has 6 nitrogen and oxygen atoms in total. The van der Waals surface area contributed by atoms with Gasteiger partial charge in [0, 0.05) is 28.3 Å². The molecular weight excluding hydrogens is 412 g/mol. The van der Waals surface area contributed by atoms with Crippen molar-refractivity contribution in [1.29, 1.82) is 0 Å². The van der Waals surface area contributed by atoms with Gasteiger partial charge in [0.15, 0.2) is 0 Å². The van der Waals surface area contributed by atoms with Crippen LogP contribution in [0, 0.1) is 17.0 Å². The quantitative estimate of drug-likeness (QED) is 0.330. The first-order chi connectivity index (χ1) is 15.0. The zero-order valence-electron chi connectivity index (χ0n) is 16.6. The van der Waals surface area contributed by atoms with E-state index in [2.05, 4.69) is 0 Å². The zero-order valence-corrected chi connectivity index (χ0v) is 17.4. The molecule has 3 aromatic carbocycles. The molecule has 0 saturated carbocycles. The standard InChI is InChI=1S/C24H18N2O4S/c1-16-21(17-8-4-2-5-9-17)25(18-10-6-3-7-11-18)24(28)23(22(16)27)31-20-14-12-19(13-15-20)26(29)30/h2-15,27H,1H3. The molecule has 4 rings (SSSR count). The van der Waals surface area contributed by atoms with E-state index in [1.807, 2.05) is 60.7 Å². The number of aromatic nitrogens is 1. The summed E-state index contributed by atoms with van der Waals surface area (Å²) < 4.78 is 1.60. The fraction of sp³-hybridized carbons (Fsp3) is 0.0417. The number of benzene rings is 3. The molecule has 154 valence electrons. The zero-order chi connectivity index (χ0) is 22.0. The number of para-hydroxylation sites is 1. The Hall–Kier alpha value is -3.84. The molecule has 0 bridgehead atoms. The number of nitro groups is 1. The van der Waals surface area contributed by atoms with Crippen LogP contribution in [0.4, 0.5) is 5.69 Å². The minimum absolute atomic E-state index is 0.0362. The van der Waals surface area contributed by atoms with Crippen LogP contribution in [0.5, 0.6) is 5.75 Å². The van der Waals surface area contributed by atoms with E-state index in [-0.39, 0.29) is 21.9 Å². The number of hydrogen-bond acceptors (Lipinski definition) is 5. The van der Waals surface area contributed by atoms with Gasteiger partial charge in [0.25, 0.3) is 11.2 Å². The van der Waals surface area contributed by atoms with Crippen molar-refractivity contribution in [2.24, 2.45) is 0 Å². The van der Waals surface area contributed by atoms with E-state index in [0.29, 0.717) is 21.8 Å². The Morgan fingerprint density at radius 1 is 0.903 bits per heavy atom. The number of rotatable bonds is 5. The number of aromatic hydroxyl groups is 1. The summed E-state index contributed by atoms with van der Waals surface area (Å²) in [5.41, 5.74) is 2.27. The van der Waals surface area contributed by atoms with Crippen molar-refractivity contribution in [1.82, 2.24) is 4.57 Å². The molecule has 4 aromatic rings. The molecule has 0 saturated heterocycles. The Morgan fingerprint density at radius 2 is 1.48 bits per heavy atom. The second-order valence-corrected chi connectivity index (χ2v) is 7.93. The van der Waals surface area contributed by atoms with Gasteiger partial charge in [-0.15, -0.1) is 0 Å². The summed E-state index contributed by atoms with van der Waals surface area (Å²) in [6, 6.07) is 24.6. The van der Waals surface area contributed by atoms with Crippen LogP contribution in [0.1, 0.15) is 5.56 Å². The molecule has 31 heavy (non-hydrogen) atoms. The SMILES string of the molecule is Cc1c(O)c(Sc2ccc([N+](=O)[O-])cc2)c(=O)n(-c2ccccc2)c1-c1ccccc1. The highest BCUT2D eigenvalue weighted by Crippen LogP contribution is 2.39. The van der Waals surface area contributed by atoms with Gasteiger partial charge >= 0.3 is 0 Å². The minimum Gasteiger partial charge on any atom is -0.506 e. The summed E-state index contributed by atoms with van der Waals surface area (Å²) in [5, 5.41) is 21.9. The molecule has 0 unspecified atom stereocenters. The highest BCUT2D eigenvalue weighted by Gasteiger charge is 2.22. The third-order valence-corrected chi connectivity index (χ3v) is 5.96. The summed E-state index contributed by atoms with van der Waals surface area (Å²) in [5.74, 6) is -0.0978. The Bertz CT molecular complexity index is 1300. The second kappa shape index (κ2) is 8.49. The molecule has 1 aromatic heterocycles. The maximum atomic E-state index is 13.6. The third kappa shape index (κ3) is 3.95. The van der Waals surface area contributed by atoms with Crippen LogP contribution >= 0.6 is 11.8 Å². The van der Waals surface area contributed by atoms with Crippen molar-refractivity contribution in [3.05, 3.63) is 111 Å². The van der Waals surface area contributed by atoms with E-state index in [0.717, 1.165) is 17.3 Å². The third-order valence-electron chi connectivity index (χ3n) is 4.88. The Balaban J connectivity index is 1.93. The number of pyridine rings is 1. The summed E-state index contributed by atoms with van der Waals surface area (Å²) in [6.45, 7) is 1.77. The van der Waals surface area contributed by atoms with Gasteiger partial charge in [0.1, 0.15) is 10.6 Å². The van der Waals surface area contributed by atoms with Gasteiger partial charge in [-0.3, -0.25) is 19.5 Å². The van der Waals surface area contributed by atoms with Crippen LogP contribution in [0.2, 0.25) is 0 Å². The second-order valence-electron chi connectivity index (χ2n) is 6.85. The van der Waals surface area contributed by atoms with Gasteiger partial charge in [-0.2, -0.15) is 0 Å². The molecule has 0 fully saturated rings. The maximum Gasteiger partial charge on any atom is 0.273 e. The van der Waals surface area contributed by atoms with Gasteiger partial charge in [-0.05, 0) is 36.8 Å². The highest BCUT2D eigenvalue weighted by molar-refractivity contribution is 7.99. The van der Waals surface area contributed by atoms with Crippen molar-refractivity contribution in [3.63, 3.8) is 0 Å². The molecule has 0 spiro atoms.